The molecule has 1 aromatic rings. The van der Waals surface area contributed by atoms with Crippen LogP contribution in [0.1, 0.15) is 31.7 Å². The van der Waals surface area contributed by atoms with Gasteiger partial charge in [0.2, 0.25) is 0 Å². The number of fused-ring (bicyclic) bond motifs is 1. The van der Waals surface area contributed by atoms with Crippen molar-refractivity contribution in [3.63, 3.8) is 0 Å². The fourth-order valence-electron chi connectivity index (χ4n) is 2.96. The molecule has 0 spiro atoms. The summed E-state index contributed by atoms with van der Waals surface area (Å²) in [5.41, 5.74) is 2.36. The average Bonchev–Trinajstić information content (AvgIpc) is 2.99. The molecular formula is C16H22N2O2. The summed E-state index contributed by atoms with van der Waals surface area (Å²) in [7, 11) is 0. The second-order valence-corrected chi connectivity index (χ2v) is 5.75. The van der Waals surface area contributed by atoms with Crippen LogP contribution in [-0.4, -0.2) is 36.5 Å². The number of aryl methyl sites for hydroxylation is 1. The molecule has 0 saturated carbocycles. The number of benzene rings is 1. The Morgan fingerprint density at radius 2 is 2.20 bits per heavy atom. The molecule has 0 aliphatic carbocycles. The van der Waals surface area contributed by atoms with Crippen molar-refractivity contribution in [1.29, 1.82) is 0 Å². The van der Waals surface area contributed by atoms with Gasteiger partial charge in [0.15, 0.2) is 6.61 Å². The predicted molar refractivity (Wildman–Crippen MR) is 79.2 cm³/mol. The minimum atomic E-state index is 0.101. The van der Waals surface area contributed by atoms with Crippen LogP contribution in [0.15, 0.2) is 18.2 Å². The molecule has 4 nitrogen and oxygen atoms in total. The Morgan fingerprint density at radius 3 is 3.00 bits per heavy atom. The number of hydrogen-bond donors (Lipinski definition) is 1. The first-order valence-electron chi connectivity index (χ1n) is 7.53. The third-order valence-electron chi connectivity index (χ3n) is 4.16. The Kier molecular flexibility index (Phi) is 3.81. The first-order chi connectivity index (χ1) is 9.74. The topological polar surface area (TPSA) is 41.6 Å². The van der Waals surface area contributed by atoms with E-state index in [4.69, 9.17) is 4.74 Å². The second kappa shape index (κ2) is 5.73. The number of anilines is 1. The van der Waals surface area contributed by atoms with Crippen LogP contribution in [0.3, 0.4) is 0 Å². The molecule has 1 N–H and O–H groups in total. The van der Waals surface area contributed by atoms with Crippen LogP contribution in [0.25, 0.3) is 0 Å². The average molecular weight is 274 g/mol. The minimum absolute atomic E-state index is 0.101. The number of carbonyl (C=O) groups excluding carboxylic acids is 1. The lowest BCUT2D eigenvalue weighted by atomic mass is 9.98. The van der Waals surface area contributed by atoms with E-state index < -0.39 is 0 Å². The molecule has 1 atom stereocenters. The number of para-hydroxylation sites is 1. The minimum Gasteiger partial charge on any atom is -0.482 e. The van der Waals surface area contributed by atoms with Crippen molar-refractivity contribution >= 4 is 11.6 Å². The number of nitrogens with zero attached hydrogens (tertiary/aromatic N) is 1. The molecule has 0 aromatic heterocycles. The lowest BCUT2D eigenvalue weighted by Crippen LogP contribution is -2.32. The molecule has 1 unspecified atom stereocenters. The molecule has 1 aromatic carbocycles. The lowest BCUT2D eigenvalue weighted by Gasteiger charge is -2.26. The summed E-state index contributed by atoms with van der Waals surface area (Å²) in [6, 6.07) is 6.54. The molecule has 1 fully saturated rings. The first kappa shape index (κ1) is 13.3. The van der Waals surface area contributed by atoms with E-state index in [9.17, 15) is 4.79 Å². The van der Waals surface area contributed by atoms with Gasteiger partial charge in [-0.1, -0.05) is 12.1 Å². The van der Waals surface area contributed by atoms with E-state index in [0.29, 0.717) is 6.04 Å². The molecule has 2 aliphatic heterocycles. The fraction of sp³-hybridized carbons (Fsp3) is 0.562. The summed E-state index contributed by atoms with van der Waals surface area (Å²) >= 11 is 0. The van der Waals surface area contributed by atoms with Crippen molar-refractivity contribution in [2.24, 2.45) is 0 Å². The van der Waals surface area contributed by atoms with E-state index in [1.165, 1.54) is 5.56 Å². The smallest absolute Gasteiger partial charge is 0.260 e. The van der Waals surface area contributed by atoms with Crippen molar-refractivity contribution in [2.75, 3.05) is 25.0 Å². The van der Waals surface area contributed by atoms with Gasteiger partial charge in [0, 0.05) is 19.1 Å². The van der Waals surface area contributed by atoms with Gasteiger partial charge < -0.3 is 15.0 Å². The van der Waals surface area contributed by atoms with Crippen LogP contribution in [0, 0.1) is 0 Å². The van der Waals surface area contributed by atoms with Crippen molar-refractivity contribution in [1.82, 2.24) is 4.90 Å². The number of ether oxygens (including phenoxy) is 1. The summed E-state index contributed by atoms with van der Waals surface area (Å²) in [5.74, 6) is 0.908. The molecule has 108 valence electrons. The van der Waals surface area contributed by atoms with Gasteiger partial charge in [-0.2, -0.15) is 0 Å². The van der Waals surface area contributed by atoms with Crippen LogP contribution in [0.5, 0.6) is 5.75 Å². The highest BCUT2D eigenvalue weighted by Crippen LogP contribution is 2.33. The molecule has 0 bridgehead atoms. The van der Waals surface area contributed by atoms with Crippen molar-refractivity contribution in [3.8, 4) is 5.75 Å². The largest absolute Gasteiger partial charge is 0.482 e. The monoisotopic (exact) mass is 274 g/mol. The summed E-state index contributed by atoms with van der Waals surface area (Å²) in [5, 5.41) is 3.47. The van der Waals surface area contributed by atoms with Crippen molar-refractivity contribution < 1.29 is 9.53 Å². The highest BCUT2D eigenvalue weighted by molar-refractivity contribution is 5.78. The Hall–Kier alpha value is -1.71. The number of hydrogen-bond acceptors (Lipinski definition) is 3. The van der Waals surface area contributed by atoms with E-state index in [0.717, 1.165) is 50.2 Å². The van der Waals surface area contributed by atoms with Crippen LogP contribution in [-0.2, 0) is 11.2 Å². The van der Waals surface area contributed by atoms with Gasteiger partial charge in [-0.25, -0.2) is 0 Å². The molecule has 4 heteroatoms. The van der Waals surface area contributed by atoms with E-state index in [2.05, 4.69) is 18.3 Å². The van der Waals surface area contributed by atoms with E-state index >= 15 is 0 Å². The lowest BCUT2D eigenvalue weighted by molar-refractivity contribution is -0.132. The SMILES string of the molecule is CC1CCc2cccc(OCC(=O)N3CCCC3)c2N1. The summed E-state index contributed by atoms with van der Waals surface area (Å²) < 4.78 is 5.77. The zero-order chi connectivity index (χ0) is 13.9. The fourth-order valence-corrected chi connectivity index (χ4v) is 2.96. The molecule has 0 radical (unpaired) electrons. The van der Waals surface area contributed by atoms with Gasteiger partial charge in [-0.15, -0.1) is 0 Å². The molecule has 1 saturated heterocycles. The molecule has 3 rings (SSSR count). The highest BCUT2D eigenvalue weighted by Gasteiger charge is 2.21. The summed E-state index contributed by atoms with van der Waals surface area (Å²) in [6.07, 6.45) is 4.45. The highest BCUT2D eigenvalue weighted by atomic mass is 16.5. The first-order valence-corrected chi connectivity index (χ1v) is 7.53. The van der Waals surface area contributed by atoms with E-state index in [1.54, 1.807) is 0 Å². The van der Waals surface area contributed by atoms with Crippen LogP contribution in [0.2, 0.25) is 0 Å². The van der Waals surface area contributed by atoms with Gasteiger partial charge in [-0.3, -0.25) is 4.79 Å². The van der Waals surface area contributed by atoms with Crippen LogP contribution in [0.4, 0.5) is 5.69 Å². The Labute approximate surface area is 120 Å². The van der Waals surface area contributed by atoms with E-state index in [-0.39, 0.29) is 12.5 Å². The standard InChI is InChI=1S/C16H22N2O2/c1-12-7-8-13-5-4-6-14(16(13)17-12)20-11-15(19)18-9-2-3-10-18/h4-6,12,17H,2-3,7-11H2,1H3. The van der Waals surface area contributed by atoms with Crippen LogP contribution < -0.4 is 10.1 Å². The summed E-state index contributed by atoms with van der Waals surface area (Å²) in [6.45, 7) is 4.08. The van der Waals surface area contributed by atoms with E-state index in [1.807, 2.05) is 17.0 Å². The third-order valence-corrected chi connectivity index (χ3v) is 4.16. The van der Waals surface area contributed by atoms with Crippen molar-refractivity contribution in [3.05, 3.63) is 23.8 Å². The number of rotatable bonds is 3. The maximum absolute atomic E-state index is 12.0. The quantitative estimate of drug-likeness (QED) is 0.920. The predicted octanol–water partition coefficient (Wildman–Crippen LogP) is 2.43. The number of likely N-dealkylation sites (tertiary alicyclic amines) is 1. The third kappa shape index (κ3) is 2.74. The Bertz CT molecular complexity index is 495. The van der Waals surface area contributed by atoms with Gasteiger partial charge in [0.05, 0.1) is 5.69 Å². The van der Waals surface area contributed by atoms with Gasteiger partial charge in [0.1, 0.15) is 5.75 Å². The normalized spacial score (nSPS) is 21.2. The van der Waals surface area contributed by atoms with Crippen molar-refractivity contribution in [2.45, 2.75) is 38.6 Å². The Balaban J connectivity index is 1.67. The van der Waals surface area contributed by atoms with Gasteiger partial charge in [0.25, 0.3) is 5.91 Å². The molecule has 20 heavy (non-hydrogen) atoms. The summed E-state index contributed by atoms with van der Waals surface area (Å²) in [4.78, 5) is 13.9. The Morgan fingerprint density at radius 1 is 1.40 bits per heavy atom. The number of nitrogens with one attached hydrogen (secondary N) is 1. The van der Waals surface area contributed by atoms with Crippen LogP contribution >= 0.6 is 0 Å². The van der Waals surface area contributed by atoms with Gasteiger partial charge >= 0.3 is 0 Å². The molecular weight excluding hydrogens is 252 g/mol. The maximum atomic E-state index is 12.0. The molecule has 2 heterocycles. The number of amides is 1. The zero-order valence-corrected chi connectivity index (χ0v) is 12.0. The zero-order valence-electron chi connectivity index (χ0n) is 12.0. The molecule has 1 amide bonds. The number of carbonyl (C=O) groups is 1. The second-order valence-electron chi connectivity index (χ2n) is 5.75. The molecule has 2 aliphatic rings. The maximum Gasteiger partial charge on any atom is 0.260 e. The van der Waals surface area contributed by atoms with Gasteiger partial charge in [-0.05, 0) is 44.2 Å².